The highest BCUT2D eigenvalue weighted by Gasteiger charge is 2.22. The fraction of sp³-hybridized carbons (Fsp3) is 1.00. The zero-order valence-corrected chi connectivity index (χ0v) is 9.17. The van der Waals surface area contributed by atoms with E-state index in [1.54, 1.807) is 0 Å². The van der Waals surface area contributed by atoms with Gasteiger partial charge in [-0.2, -0.15) is 0 Å². The molecule has 84 valence electrons. The predicted octanol–water partition coefficient (Wildman–Crippen LogP) is 1.16. The van der Waals surface area contributed by atoms with Gasteiger partial charge in [0.15, 0.2) is 0 Å². The van der Waals surface area contributed by atoms with Crippen LogP contribution < -0.4 is 5.32 Å². The van der Waals surface area contributed by atoms with E-state index in [1.165, 1.54) is 0 Å². The van der Waals surface area contributed by atoms with Gasteiger partial charge in [-0.1, -0.05) is 6.92 Å². The Labute approximate surface area is 86.8 Å². The Morgan fingerprint density at radius 3 is 2.71 bits per heavy atom. The lowest BCUT2D eigenvalue weighted by molar-refractivity contribution is 0.0499. The summed E-state index contributed by atoms with van der Waals surface area (Å²) in [5.74, 6) is 0.697. The Hall–Kier alpha value is -0.120. The van der Waals surface area contributed by atoms with Gasteiger partial charge in [-0.25, -0.2) is 0 Å². The highest BCUT2D eigenvalue weighted by molar-refractivity contribution is 4.78. The SMILES string of the molecule is CCCNC(CCO)C1CCOCC1. The number of hydrogen-bond donors (Lipinski definition) is 2. The van der Waals surface area contributed by atoms with Crippen LogP contribution in [-0.4, -0.2) is 37.5 Å². The molecule has 14 heavy (non-hydrogen) atoms. The van der Waals surface area contributed by atoms with E-state index in [1.807, 2.05) is 0 Å². The number of aliphatic hydroxyl groups excluding tert-OH is 1. The van der Waals surface area contributed by atoms with Crippen molar-refractivity contribution in [1.29, 1.82) is 0 Å². The molecule has 0 spiro atoms. The minimum absolute atomic E-state index is 0.290. The van der Waals surface area contributed by atoms with E-state index in [0.717, 1.165) is 45.4 Å². The molecule has 0 saturated carbocycles. The van der Waals surface area contributed by atoms with Gasteiger partial charge in [-0.3, -0.25) is 0 Å². The minimum Gasteiger partial charge on any atom is -0.396 e. The molecular weight excluding hydrogens is 178 g/mol. The standard InChI is InChI=1S/C11H23NO2/c1-2-6-12-11(3-7-13)10-4-8-14-9-5-10/h10-13H,2-9H2,1H3. The Bertz CT molecular complexity index is 135. The average Bonchev–Trinajstić information content (AvgIpc) is 2.25. The molecule has 1 heterocycles. The van der Waals surface area contributed by atoms with Crippen molar-refractivity contribution < 1.29 is 9.84 Å². The second-order valence-electron chi connectivity index (χ2n) is 4.02. The molecule has 0 aromatic heterocycles. The summed E-state index contributed by atoms with van der Waals surface area (Å²) in [6.45, 7) is 5.30. The third-order valence-corrected chi connectivity index (χ3v) is 2.93. The van der Waals surface area contributed by atoms with E-state index in [0.29, 0.717) is 18.6 Å². The molecule has 1 unspecified atom stereocenters. The first kappa shape index (κ1) is 12.0. The van der Waals surface area contributed by atoms with Crippen LogP contribution in [0.5, 0.6) is 0 Å². The number of aliphatic hydroxyl groups is 1. The first-order chi connectivity index (χ1) is 6.88. The summed E-state index contributed by atoms with van der Waals surface area (Å²) in [6, 6.07) is 0.490. The monoisotopic (exact) mass is 201 g/mol. The third kappa shape index (κ3) is 3.95. The Morgan fingerprint density at radius 2 is 2.14 bits per heavy atom. The lowest BCUT2D eigenvalue weighted by Crippen LogP contribution is -2.40. The Balaban J connectivity index is 2.30. The van der Waals surface area contributed by atoms with Crippen molar-refractivity contribution in [3.8, 4) is 0 Å². The Morgan fingerprint density at radius 1 is 1.43 bits per heavy atom. The molecule has 1 rings (SSSR count). The maximum Gasteiger partial charge on any atom is 0.0469 e. The van der Waals surface area contributed by atoms with Gasteiger partial charge in [0.2, 0.25) is 0 Å². The van der Waals surface area contributed by atoms with Gasteiger partial charge in [0.05, 0.1) is 0 Å². The molecule has 0 amide bonds. The molecule has 0 aromatic rings. The fourth-order valence-electron chi connectivity index (χ4n) is 2.09. The smallest absolute Gasteiger partial charge is 0.0469 e. The van der Waals surface area contributed by atoms with Crippen LogP contribution in [0.1, 0.15) is 32.6 Å². The molecule has 1 fully saturated rings. The van der Waals surface area contributed by atoms with E-state index in [-0.39, 0.29) is 0 Å². The Kier molecular flexibility index (Phi) is 6.15. The predicted molar refractivity (Wildman–Crippen MR) is 57.3 cm³/mol. The topological polar surface area (TPSA) is 41.5 Å². The quantitative estimate of drug-likeness (QED) is 0.677. The highest BCUT2D eigenvalue weighted by Crippen LogP contribution is 2.20. The molecule has 3 nitrogen and oxygen atoms in total. The van der Waals surface area contributed by atoms with Crippen LogP contribution in [0.25, 0.3) is 0 Å². The molecule has 0 aromatic carbocycles. The van der Waals surface area contributed by atoms with Crippen LogP contribution in [0.3, 0.4) is 0 Å². The number of rotatable bonds is 6. The van der Waals surface area contributed by atoms with E-state index >= 15 is 0 Å². The van der Waals surface area contributed by atoms with Crippen molar-refractivity contribution in [2.24, 2.45) is 5.92 Å². The summed E-state index contributed by atoms with van der Waals surface area (Å²) < 4.78 is 5.34. The van der Waals surface area contributed by atoms with Gasteiger partial charge in [0.25, 0.3) is 0 Å². The normalized spacial score (nSPS) is 21.0. The summed E-state index contributed by atoms with van der Waals surface area (Å²) in [4.78, 5) is 0. The molecule has 1 aliphatic rings. The van der Waals surface area contributed by atoms with Gasteiger partial charge in [-0.05, 0) is 38.1 Å². The van der Waals surface area contributed by atoms with Crippen LogP contribution in [0.4, 0.5) is 0 Å². The molecule has 1 aliphatic heterocycles. The van der Waals surface area contributed by atoms with Crippen molar-refractivity contribution >= 4 is 0 Å². The van der Waals surface area contributed by atoms with Crippen LogP contribution in [0.2, 0.25) is 0 Å². The average molecular weight is 201 g/mol. The maximum atomic E-state index is 9.00. The van der Waals surface area contributed by atoms with Gasteiger partial charge in [0.1, 0.15) is 0 Å². The summed E-state index contributed by atoms with van der Waals surface area (Å²) in [5.41, 5.74) is 0. The lowest BCUT2D eigenvalue weighted by atomic mass is 9.90. The second-order valence-corrected chi connectivity index (χ2v) is 4.02. The van der Waals surface area contributed by atoms with Crippen LogP contribution in [-0.2, 0) is 4.74 Å². The van der Waals surface area contributed by atoms with Crippen LogP contribution >= 0.6 is 0 Å². The van der Waals surface area contributed by atoms with Crippen molar-refractivity contribution in [3.63, 3.8) is 0 Å². The van der Waals surface area contributed by atoms with Gasteiger partial charge < -0.3 is 15.2 Å². The zero-order chi connectivity index (χ0) is 10.2. The lowest BCUT2D eigenvalue weighted by Gasteiger charge is -2.30. The van der Waals surface area contributed by atoms with Gasteiger partial charge in [-0.15, -0.1) is 0 Å². The largest absolute Gasteiger partial charge is 0.396 e. The zero-order valence-electron chi connectivity index (χ0n) is 9.17. The first-order valence-corrected chi connectivity index (χ1v) is 5.80. The molecule has 1 saturated heterocycles. The summed E-state index contributed by atoms with van der Waals surface area (Å²) >= 11 is 0. The van der Waals surface area contributed by atoms with Crippen molar-refractivity contribution in [2.75, 3.05) is 26.4 Å². The first-order valence-electron chi connectivity index (χ1n) is 5.80. The molecule has 1 atom stereocenters. The summed E-state index contributed by atoms with van der Waals surface area (Å²) in [7, 11) is 0. The molecule has 0 bridgehead atoms. The van der Waals surface area contributed by atoms with Crippen LogP contribution in [0.15, 0.2) is 0 Å². The van der Waals surface area contributed by atoms with Gasteiger partial charge in [0, 0.05) is 25.9 Å². The van der Waals surface area contributed by atoms with E-state index in [2.05, 4.69) is 12.2 Å². The van der Waals surface area contributed by atoms with Crippen molar-refractivity contribution in [3.05, 3.63) is 0 Å². The molecule has 0 aliphatic carbocycles. The van der Waals surface area contributed by atoms with E-state index < -0.39 is 0 Å². The van der Waals surface area contributed by atoms with E-state index in [4.69, 9.17) is 9.84 Å². The molecule has 3 heteroatoms. The fourth-order valence-corrected chi connectivity index (χ4v) is 2.09. The summed E-state index contributed by atoms with van der Waals surface area (Å²) in [5, 5.41) is 12.5. The third-order valence-electron chi connectivity index (χ3n) is 2.93. The minimum atomic E-state index is 0.290. The molecule has 2 N–H and O–H groups in total. The second kappa shape index (κ2) is 7.21. The van der Waals surface area contributed by atoms with Gasteiger partial charge >= 0.3 is 0 Å². The highest BCUT2D eigenvalue weighted by atomic mass is 16.5. The number of hydrogen-bond acceptors (Lipinski definition) is 3. The van der Waals surface area contributed by atoms with Crippen molar-refractivity contribution in [1.82, 2.24) is 5.32 Å². The maximum absolute atomic E-state index is 9.00. The number of nitrogens with one attached hydrogen (secondary N) is 1. The summed E-state index contributed by atoms with van der Waals surface area (Å²) in [6.07, 6.45) is 4.32. The number of ether oxygens (including phenoxy) is 1. The molecule has 0 radical (unpaired) electrons. The van der Waals surface area contributed by atoms with Crippen molar-refractivity contribution in [2.45, 2.75) is 38.6 Å². The van der Waals surface area contributed by atoms with Crippen LogP contribution in [0, 0.1) is 5.92 Å². The molecular formula is C11H23NO2. The van der Waals surface area contributed by atoms with E-state index in [9.17, 15) is 0 Å².